The number of para-hydroxylation sites is 1. The second-order valence-corrected chi connectivity index (χ2v) is 5.15. The van der Waals surface area contributed by atoms with E-state index in [9.17, 15) is 4.79 Å². The zero-order chi connectivity index (χ0) is 13.8. The largest absolute Gasteiger partial charge is 0.493 e. The molecule has 0 N–H and O–H groups in total. The Bertz CT molecular complexity index is 602. The lowest BCUT2D eigenvalue weighted by molar-refractivity contribution is 0.0982. The molecule has 0 bridgehead atoms. The molecule has 0 unspecified atom stereocenters. The van der Waals surface area contributed by atoms with Crippen LogP contribution in [0.2, 0.25) is 0 Å². The van der Waals surface area contributed by atoms with E-state index >= 15 is 0 Å². The number of ketones is 1. The Labute approximate surface area is 119 Å². The van der Waals surface area contributed by atoms with Crippen LogP contribution in [0, 0.1) is 0 Å². The van der Waals surface area contributed by atoms with Gasteiger partial charge in [0.15, 0.2) is 5.78 Å². The summed E-state index contributed by atoms with van der Waals surface area (Å²) in [6.45, 7) is 0.788. The first-order valence-electron chi connectivity index (χ1n) is 7.16. The highest BCUT2D eigenvalue weighted by molar-refractivity contribution is 5.96. The fourth-order valence-corrected chi connectivity index (χ4v) is 2.67. The Hall–Kier alpha value is -2.09. The molecule has 20 heavy (non-hydrogen) atoms. The highest BCUT2D eigenvalue weighted by Crippen LogP contribution is 2.29. The minimum Gasteiger partial charge on any atom is -0.493 e. The first-order valence-corrected chi connectivity index (χ1v) is 7.16. The van der Waals surface area contributed by atoms with E-state index in [1.165, 1.54) is 5.56 Å². The fraction of sp³-hybridized carbons (Fsp3) is 0.278. The number of hydrogen-bond donors (Lipinski definition) is 0. The average molecular weight is 266 g/mol. The minimum absolute atomic E-state index is 0.194. The summed E-state index contributed by atoms with van der Waals surface area (Å²) in [6, 6.07) is 15.7. The molecule has 0 spiro atoms. The summed E-state index contributed by atoms with van der Waals surface area (Å²) < 4.78 is 5.78. The van der Waals surface area contributed by atoms with E-state index in [-0.39, 0.29) is 5.78 Å². The van der Waals surface area contributed by atoms with Crippen molar-refractivity contribution in [3.63, 3.8) is 0 Å². The highest BCUT2D eigenvalue weighted by atomic mass is 16.5. The van der Waals surface area contributed by atoms with Gasteiger partial charge in [-0.1, -0.05) is 48.5 Å². The summed E-state index contributed by atoms with van der Waals surface area (Å²) in [5.74, 6) is 1.21. The molecular formula is C18H18O2. The Balaban J connectivity index is 1.71. The average Bonchev–Trinajstić information content (AvgIpc) is 2.53. The molecule has 1 aliphatic heterocycles. The smallest absolute Gasteiger partial charge is 0.163 e. The monoisotopic (exact) mass is 266 g/mol. The lowest BCUT2D eigenvalue weighted by atomic mass is 9.97. The first-order chi connectivity index (χ1) is 9.84. The molecule has 102 valence electrons. The zero-order valence-electron chi connectivity index (χ0n) is 11.5. The molecular weight excluding hydrogens is 248 g/mol. The number of benzene rings is 2. The van der Waals surface area contributed by atoms with Gasteiger partial charge in [-0.15, -0.1) is 0 Å². The minimum atomic E-state index is 0.194. The molecule has 3 rings (SSSR count). The lowest BCUT2D eigenvalue weighted by Crippen LogP contribution is -2.11. The van der Waals surface area contributed by atoms with E-state index in [0.717, 1.165) is 42.7 Å². The molecule has 1 heterocycles. The van der Waals surface area contributed by atoms with E-state index in [1.54, 1.807) is 0 Å². The van der Waals surface area contributed by atoms with E-state index in [4.69, 9.17) is 4.74 Å². The number of Topliss-reactive ketones (excluding diaryl/α,β-unsaturated/α-hetero) is 1. The molecule has 0 saturated heterocycles. The van der Waals surface area contributed by atoms with Crippen molar-refractivity contribution in [1.82, 2.24) is 0 Å². The van der Waals surface area contributed by atoms with Gasteiger partial charge in [0.2, 0.25) is 0 Å². The molecule has 0 atom stereocenters. The van der Waals surface area contributed by atoms with Crippen molar-refractivity contribution in [3.8, 4) is 5.75 Å². The van der Waals surface area contributed by atoms with Gasteiger partial charge in [-0.25, -0.2) is 0 Å². The van der Waals surface area contributed by atoms with E-state index in [0.29, 0.717) is 6.42 Å². The van der Waals surface area contributed by atoms with Crippen LogP contribution < -0.4 is 4.74 Å². The summed E-state index contributed by atoms with van der Waals surface area (Å²) in [5, 5.41) is 0. The van der Waals surface area contributed by atoms with Crippen LogP contribution in [-0.2, 0) is 12.8 Å². The molecule has 0 radical (unpaired) electrons. The quantitative estimate of drug-likeness (QED) is 0.786. The van der Waals surface area contributed by atoms with Crippen LogP contribution in [0.3, 0.4) is 0 Å². The Kier molecular flexibility index (Phi) is 3.82. The molecule has 1 aliphatic rings. The number of rotatable bonds is 4. The number of ether oxygens (including phenoxy) is 1. The Morgan fingerprint density at radius 3 is 2.75 bits per heavy atom. The number of fused-ring (bicyclic) bond motifs is 1. The van der Waals surface area contributed by atoms with Gasteiger partial charge in [-0.2, -0.15) is 0 Å². The molecule has 0 aliphatic carbocycles. The van der Waals surface area contributed by atoms with Gasteiger partial charge < -0.3 is 4.74 Å². The standard InChI is InChI=1S/C18H18O2/c19-17(14-6-2-1-3-7-14)12-11-16-9-4-8-15-10-5-13-20-18(15)16/h1-4,6-9H,5,10-13H2. The van der Waals surface area contributed by atoms with Gasteiger partial charge in [-0.05, 0) is 30.4 Å². The van der Waals surface area contributed by atoms with E-state index in [2.05, 4.69) is 18.2 Å². The number of carbonyl (C=O) groups is 1. The summed E-state index contributed by atoms with van der Waals surface area (Å²) in [5.41, 5.74) is 3.23. The summed E-state index contributed by atoms with van der Waals surface area (Å²) in [6.07, 6.45) is 3.44. The number of hydrogen-bond acceptors (Lipinski definition) is 2. The van der Waals surface area contributed by atoms with Gasteiger partial charge in [0, 0.05) is 12.0 Å². The maximum atomic E-state index is 12.1. The second-order valence-electron chi connectivity index (χ2n) is 5.15. The van der Waals surface area contributed by atoms with Crippen LogP contribution in [0.15, 0.2) is 48.5 Å². The normalized spacial score (nSPS) is 13.4. The molecule has 2 aromatic rings. The topological polar surface area (TPSA) is 26.3 Å². The highest BCUT2D eigenvalue weighted by Gasteiger charge is 2.15. The second kappa shape index (κ2) is 5.91. The molecule has 0 fully saturated rings. The van der Waals surface area contributed by atoms with Crippen molar-refractivity contribution in [2.24, 2.45) is 0 Å². The first kappa shape index (κ1) is 12.9. The molecule has 0 aromatic heterocycles. The maximum absolute atomic E-state index is 12.1. The van der Waals surface area contributed by atoms with Crippen LogP contribution >= 0.6 is 0 Å². The van der Waals surface area contributed by atoms with E-state index in [1.807, 2.05) is 30.3 Å². The summed E-state index contributed by atoms with van der Waals surface area (Å²) in [7, 11) is 0. The van der Waals surface area contributed by atoms with Crippen molar-refractivity contribution in [2.45, 2.75) is 25.7 Å². The summed E-state index contributed by atoms with van der Waals surface area (Å²) >= 11 is 0. The van der Waals surface area contributed by atoms with Crippen LogP contribution in [0.25, 0.3) is 0 Å². The molecule has 0 saturated carbocycles. The molecule has 0 amide bonds. The van der Waals surface area contributed by atoms with E-state index < -0.39 is 0 Å². The predicted molar refractivity (Wildman–Crippen MR) is 79.4 cm³/mol. The Morgan fingerprint density at radius 2 is 1.90 bits per heavy atom. The van der Waals surface area contributed by atoms with Crippen molar-refractivity contribution < 1.29 is 9.53 Å². The number of carbonyl (C=O) groups excluding carboxylic acids is 1. The zero-order valence-corrected chi connectivity index (χ0v) is 11.5. The third-order valence-electron chi connectivity index (χ3n) is 3.73. The third kappa shape index (κ3) is 2.74. The van der Waals surface area contributed by atoms with Gasteiger partial charge >= 0.3 is 0 Å². The fourth-order valence-electron chi connectivity index (χ4n) is 2.67. The summed E-state index contributed by atoms with van der Waals surface area (Å²) in [4.78, 5) is 12.1. The Morgan fingerprint density at radius 1 is 1.05 bits per heavy atom. The molecule has 2 heteroatoms. The van der Waals surface area contributed by atoms with Crippen molar-refractivity contribution >= 4 is 5.78 Å². The van der Waals surface area contributed by atoms with Gasteiger partial charge in [0.1, 0.15) is 5.75 Å². The lowest BCUT2D eigenvalue weighted by Gasteiger charge is -2.20. The van der Waals surface area contributed by atoms with Crippen molar-refractivity contribution in [2.75, 3.05) is 6.61 Å². The predicted octanol–water partition coefficient (Wildman–Crippen LogP) is 3.83. The van der Waals surface area contributed by atoms with Crippen LogP contribution in [-0.4, -0.2) is 12.4 Å². The van der Waals surface area contributed by atoms with Crippen LogP contribution in [0.5, 0.6) is 5.75 Å². The van der Waals surface area contributed by atoms with Crippen LogP contribution in [0.1, 0.15) is 34.3 Å². The van der Waals surface area contributed by atoms with Gasteiger partial charge in [0.05, 0.1) is 6.61 Å². The maximum Gasteiger partial charge on any atom is 0.163 e. The number of aryl methyl sites for hydroxylation is 2. The molecule has 2 nitrogen and oxygen atoms in total. The van der Waals surface area contributed by atoms with Crippen molar-refractivity contribution in [3.05, 3.63) is 65.2 Å². The van der Waals surface area contributed by atoms with Gasteiger partial charge in [0.25, 0.3) is 0 Å². The SMILES string of the molecule is O=C(CCc1cccc2c1OCCC2)c1ccccc1. The van der Waals surface area contributed by atoms with Gasteiger partial charge in [-0.3, -0.25) is 4.79 Å². The third-order valence-corrected chi connectivity index (χ3v) is 3.73. The molecule has 2 aromatic carbocycles. The van der Waals surface area contributed by atoms with Crippen molar-refractivity contribution in [1.29, 1.82) is 0 Å². The van der Waals surface area contributed by atoms with Crippen LogP contribution in [0.4, 0.5) is 0 Å².